The highest BCUT2D eigenvalue weighted by atomic mass is 35.5. The minimum Gasteiger partial charge on any atom is -0.508 e. The Balaban J connectivity index is 2.05. The zero-order valence-corrected chi connectivity index (χ0v) is 10.0. The quantitative estimate of drug-likeness (QED) is 0.849. The zero-order valence-electron chi connectivity index (χ0n) is 9.28. The first kappa shape index (κ1) is 12.2. The summed E-state index contributed by atoms with van der Waals surface area (Å²) in [6, 6.07) is 4.45. The lowest BCUT2D eigenvalue weighted by atomic mass is 10.1. The molecule has 5 heteroatoms. The third-order valence-electron chi connectivity index (χ3n) is 2.75. The van der Waals surface area contributed by atoms with E-state index >= 15 is 0 Å². The predicted molar refractivity (Wildman–Crippen MR) is 64.4 cm³/mol. The molecule has 2 rings (SSSR count). The molecule has 1 aliphatic rings. The first-order chi connectivity index (χ1) is 8.16. The number of phenols is 1. The molecule has 1 fully saturated rings. The van der Waals surface area contributed by atoms with Crippen LogP contribution in [0.3, 0.4) is 0 Å². The number of halogens is 1. The Morgan fingerprint density at radius 1 is 1.41 bits per heavy atom. The molecular weight excluding hydrogens is 242 g/mol. The van der Waals surface area contributed by atoms with Crippen molar-refractivity contribution in [3.63, 3.8) is 0 Å². The van der Waals surface area contributed by atoms with Crippen LogP contribution >= 0.6 is 11.6 Å². The van der Waals surface area contributed by atoms with E-state index in [0.29, 0.717) is 23.8 Å². The topological polar surface area (TPSA) is 58.6 Å². The van der Waals surface area contributed by atoms with E-state index in [1.807, 2.05) is 0 Å². The molecule has 1 aliphatic heterocycles. The summed E-state index contributed by atoms with van der Waals surface area (Å²) in [4.78, 5) is 11.9. The Labute approximate surface area is 105 Å². The van der Waals surface area contributed by atoms with Crippen LogP contribution in [-0.4, -0.2) is 30.3 Å². The lowest BCUT2D eigenvalue weighted by Crippen LogP contribution is -2.38. The van der Waals surface area contributed by atoms with E-state index in [-0.39, 0.29) is 17.7 Å². The van der Waals surface area contributed by atoms with Crippen molar-refractivity contribution in [3.05, 3.63) is 28.8 Å². The van der Waals surface area contributed by atoms with Gasteiger partial charge in [0.2, 0.25) is 0 Å². The predicted octanol–water partition coefficient (Wildman–Crippen LogP) is 1.95. The van der Waals surface area contributed by atoms with Gasteiger partial charge in [-0.3, -0.25) is 4.79 Å². The van der Waals surface area contributed by atoms with Crippen LogP contribution in [0.4, 0.5) is 0 Å². The molecule has 17 heavy (non-hydrogen) atoms. The van der Waals surface area contributed by atoms with Crippen molar-refractivity contribution in [1.82, 2.24) is 5.32 Å². The summed E-state index contributed by atoms with van der Waals surface area (Å²) in [7, 11) is 0. The van der Waals surface area contributed by atoms with Gasteiger partial charge in [-0.2, -0.15) is 0 Å². The third kappa shape index (κ3) is 3.11. The number of rotatable bonds is 2. The summed E-state index contributed by atoms with van der Waals surface area (Å²) < 4.78 is 5.21. The number of amides is 1. The van der Waals surface area contributed by atoms with Crippen molar-refractivity contribution in [2.45, 2.75) is 18.9 Å². The second-order valence-electron chi connectivity index (χ2n) is 4.02. The minimum absolute atomic E-state index is 0.0338. The fourth-order valence-electron chi connectivity index (χ4n) is 1.79. The van der Waals surface area contributed by atoms with E-state index in [9.17, 15) is 9.90 Å². The van der Waals surface area contributed by atoms with Gasteiger partial charge in [0, 0.05) is 19.3 Å². The van der Waals surface area contributed by atoms with Gasteiger partial charge < -0.3 is 15.2 Å². The molecule has 92 valence electrons. The number of hydrogen-bond donors (Lipinski definition) is 2. The Morgan fingerprint density at radius 3 is 2.82 bits per heavy atom. The molecule has 0 bridgehead atoms. The largest absolute Gasteiger partial charge is 0.508 e. The number of ether oxygens (including phenoxy) is 1. The summed E-state index contributed by atoms with van der Waals surface area (Å²) in [6.07, 6.45) is 1.62. The summed E-state index contributed by atoms with van der Waals surface area (Å²) in [5, 5.41) is 12.6. The Hall–Kier alpha value is -1.26. The first-order valence-corrected chi connectivity index (χ1v) is 5.92. The number of hydrogen-bond acceptors (Lipinski definition) is 3. The number of phenolic OH excluding ortho intramolecular Hbond substituents is 1. The SMILES string of the molecule is O=C(NC1CCOCC1)c1cc(O)ccc1Cl. The maximum Gasteiger partial charge on any atom is 0.253 e. The first-order valence-electron chi connectivity index (χ1n) is 5.54. The van der Waals surface area contributed by atoms with Crippen molar-refractivity contribution in [2.75, 3.05) is 13.2 Å². The van der Waals surface area contributed by atoms with E-state index in [0.717, 1.165) is 12.8 Å². The van der Waals surface area contributed by atoms with Crippen molar-refractivity contribution in [2.24, 2.45) is 0 Å². The normalized spacial score (nSPS) is 16.8. The fraction of sp³-hybridized carbons (Fsp3) is 0.417. The van der Waals surface area contributed by atoms with Crippen molar-refractivity contribution < 1.29 is 14.6 Å². The van der Waals surface area contributed by atoms with Crippen molar-refractivity contribution in [1.29, 1.82) is 0 Å². The van der Waals surface area contributed by atoms with Gasteiger partial charge in [0.05, 0.1) is 10.6 Å². The minimum atomic E-state index is -0.252. The smallest absolute Gasteiger partial charge is 0.253 e. The molecule has 1 aromatic carbocycles. The average molecular weight is 256 g/mol. The second-order valence-corrected chi connectivity index (χ2v) is 4.43. The van der Waals surface area contributed by atoms with Gasteiger partial charge in [0.15, 0.2) is 0 Å². The molecule has 0 aromatic heterocycles. The van der Waals surface area contributed by atoms with Crippen LogP contribution in [0.2, 0.25) is 5.02 Å². The van der Waals surface area contributed by atoms with Crippen LogP contribution in [0.5, 0.6) is 5.75 Å². The van der Waals surface area contributed by atoms with Crippen LogP contribution in [0.1, 0.15) is 23.2 Å². The molecule has 0 saturated carbocycles. The monoisotopic (exact) mass is 255 g/mol. The molecular formula is C12H14ClNO3. The molecule has 2 N–H and O–H groups in total. The lowest BCUT2D eigenvalue weighted by molar-refractivity contribution is 0.0696. The molecule has 4 nitrogen and oxygen atoms in total. The maximum atomic E-state index is 11.9. The second kappa shape index (κ2) is 5.38. The number of carbonyl (C=O) groups excluding carboxylic acids is 1. The molecule has 0 aliphatic carbocycles. The van der Waals surface area contributed by atoms with E-state index < -0.39 is 0 Å². The zero-order chi connectivity index (χ0) is 12.3. The van der Waals surface area contributed by atoms with Crippen LogP contribution < -0.4 is 5.32 Å². The van der Waals surface area contributed by atoms with Crippen LogP contribution in [0, 0.1) is 0 Å². The standard InChI is InChI=1S/C12H14ClNO3/c13-11-2-1-9(15)7-10(11)12(16)14-8-3-5-17-6-4-8/h1-2,7-8,15H,3-6H2,(H,14,16). The number of benzene rings is 1. The Morgan fingerprint density at radius 2 is 2.12 bits per heavy atom. The van der Waals surface area contributed by atoms with E-state index in [1.165, 1.54) is 18.2 Å². The highest BCUT2D eigenvalue weighted by molar-refractivity contribution is 6.33. The van der Waals surface area contributed by atoms with Crippen LogP contribution in [0.15, 0.2) is 18.2 Å². The summed E-state index contributed by atoms with van der Waals surface area (Å²) in [5.41, 5.74) is 0.304. The highest BCUT2D eigenvalue weighted by Gasteiger charge is 2.18. The molecule has 0 atom stereocenters. The van der Waals surface area contributed by atoms with Gasteiger partial charge in [-0.15, -0.1) is 0 Å². The summed E-state index contributed by atoms with van der Waals surface area (Å²) >= 11 is 5.91. The highest BCUT2D eigenvalue weighted by Crippen LogP contribution is 2.21. The van der Waals surface area contributed by atoms with Crippen LogP contribution in [-0.2, 0) is 4.74 Å². The van der Waals surface area contributed by atoms with E-state index in [2.05, 4.69) is 5.32 Å². The maximum absolute atomic E-state index is 11.9. The van der Waals surface area contributed by atoms with Gasteiger partial charge in [-0.05, 0) is 31.0 Å². The van der Waals surface area contributed by atoms with E-state index in [1.54, 1.807) is 0 Å². The van der Waals surface area contributed by atoms with Gasteiger partial charge in [0.1, 0.15) is 5.75 Å². The Kier molecular flexibility index (Phi) is 3.86. The summed E-state index contributed by atoms with van der Waals surface area (Å²) in [6.45, 7) is 1.33. The number of nitrogens with one attached hydrogen (secondary N) is 1. The third-order valence-corrected chi connectivity index (χ3v) is 3.08. The molecule has 1 aromatic rings. The fourth-order valence-corrected chi connectivity index (χ4v) is 2.00. The number of carbonyl (C=O) groups is 1. The average Bonchev–Trinajstić information content (AvgIpc) is 2.33. The lowest BCUT2D eigenvalue weighted by Gasteiger charge is -2.23. The van der Waals surface area contributed by atoms with Gasteiger partial charge >= 0.3 is 0 Å². The molecule has 1 heterocycles. The van der Waals surface area contributed by atoms with Gasteiger partial charge in [-0.25, -0.2) is 0 Å². The van der Waals surface area contributed by atoms with E-state index in [4.69, 9.17) is 16.3 Å². The molecule has 1 saturated heterocycles. The molecule has 0 spiro atoms. The Bertz CT molecular complexity index is 416. The molecule has 0 radical (unpaired) electrons. The molecule has 1 amide bonds. The van der Waals surface area contributed by atoms with Crippen molar-refractivity contribution >= 4 is 17.5 Å². The van der Waals surface area contributed by atoms with Gasteiger partial charge in [0.25, 0.3) is 5.91 Å². The van der Waals surface area contributed by atoms with Crippen molar-refractivity contribution in [3.8, 4) is 5.75 Å². The van der Waals surface area contributed by atoms with Gasteiger partial charge in [-0.1, -0.05) is 11.6 Å². The summed E-state index contributed by atoms with van der Waals surface area (Å²) in [5.74, 6) is -0.218. The molecule has 0 unspecified atom stereocenters. The number of aromatic hydroxyl groups is 1. The van der Waals surface area contributed by atoms with Crippen LogP contribution in [0.25, 0.3) is 0 Å².